The van der Waals surface area contributed by atoms with Crippen molar-refractivity contribution >= 4 is 17.5 Å². The first-order valence-corrected chi connectivity index (χ1v) is 9.12. The van der Waals surface area contributed by atoms with Gasteiger partial charge in [-0.2, -0.15) is 5.10 Å². The van der Waals surface area contributed by atoms with Crippen LogP contribution in [0, 0.1) is 0 Å². The molecule has 5 heteroatoms. The van der Waals surface area contributed by atoms with Gasteiger partial charge < -0.3 is 4.90 Å². The number of para-hydroxylation sites is 1. The van der Waals surface area contributed by atoms with Crippen molar-refractivity contribution in [3.63, 3.8) is 0 Å². The van der Waals surface area contributed by atoms with Gasteiger partial charge in [0, 0.05) is 42.0 Å². The summed E-state index contributed by atoms with van der Waals surface area (Å²) >= 11 is 6.03. The van der Waals surface area contributed by atoms with Crippen LogP contribution >= 0.6 is 11.6 Å². The van der Waals surface area contributed by atoms with E-state index in [0.717, 1.165) is 28.1 Å². The zero-order valence-electron chi connectivity index (χ0n) is 15.7. The quantitative estimate of drug-likeness (QED) is 0.577. The van der Waals surface area contributed by atoms with Gasteiger partial charge in [-0.25, -0.2) is 4.68 Å². The lowest BCUT2D eigenvalue weighted by atomic mass is 10.1. The summed E-state index contributed by atoms with van der Waals surface area (Å²) < 4.78 is 1.85. The Bertz CT molecular complexity index is 955. The summed E-state index contributed by atoms with van der Waals surface area (Å²) in [5.41, 5.74) is 4.72. The molecule has 3 rings (SSSR count). The van der Waals surface area contributed by atoms with Gasteiger partial charge in [0.25, 0.3) is 0 Å². The molecule has 0 saturated carbocycles. The van der Waals surface area contributed by atoms with E-state index in [2.05, 4.69) is 0 Å². The molecule has 0 unspecified atom stereocenters. The zero-order chi connectivity index (χ0) is 19.4. The standard InChI is InChI=1S/C22H22ClN3O/c1-16(2)13-21(27)25(3)14-18-15-26(20-7-5-4-6-8-20)24-22(18)17-9-11-19(23)12-10-17/h4-13,15H,14H2,1-3H3. The first kappa shape index (κ1) is 18.9. The summed E-state index contributed by atoms with van der Waals surface area (Å²) in [7, 11) is 1.80. The summed E-state index contributed by atoms with van der Waals surface area (Å²) in [4.78, 5) is 14.0. The number of carbonyl (C=O) groups is 1. The van der Waals surface area contributed by atoms with Crippen molar-refractivity contribution < 1.29 is 4.79 Å². The van der Waals surface area contributed by atoms with Crippen molar-refractivity contribution in [3.05, 3.63) is 83.0 Å². The molecule has 0 atom stereocenters. The second-order valence-electron chi connectivity index (χ2n) is 6.71. The van der Waals surface area contributed by atoms with Gasteiger partial charge in [-0.05, 0) is 38.1 Å². The predicted molar refractivity (Wildman–Crippen MR) is 110 cm³/mol. The maximum absolute atomic E-state index is 12.3. The van der Waals surface area contributed by atoms with E-state index in [4.69, 9.17) is 16.7 Å². The topological polar surface area (TPSA) is 38.1 Å². The third-order valence-electron chi connectivity index (χ3n) is 4.12. The summed E-state index contributed by atoms with van der Waals surface area (Å²) in [5, 5.41) is 5.45. The molecule has 1 amide bonds. The molecule has 0 radical (unpaired) electrons. The SMILES string of the molecule is CC(C)=CC(=O)N(C)Cc1cn(-c2ccccc2)nc1-c1ccc(Cl)cc1. The third kappa shape index (κ3) is 4.66. The molecule has 0 N–H and O–H groups in total. The van der Waals surface area contributed by atoms with Crippen LogP contribution in [0.1, 0.15) is 19.4 Å². The fourth-order valence-corrected chi connectivity index (χ4v) is 2.91. The fourth-order valence-electron chi connectivity index (χ4n) is 2.78. The number of nitrogens with zero attached hydrogens (tertiary/aromatic N) is 3. The lowest BCUT2D eigenvalue weighted by molar-refractivity contribution is -0.125. The second-order valence-corrected chi connectivity index (χ2v) is 7.14. The van der Waals surface area contributed by atoms with Crippen LogP contribution in [0.4, 0.5) is 0 Å². The molecule has 0 bridgehead atoms. The van der Waals surface area contributed by atoms with E-state index < -0.39 is 0 Å². The van der Waals surface area contributed by atoms with Crippen LogP contribution in [-0.2, 0) is 11.3 Å². The molecular weight excluding hydrogens is 358 g/mol. The highest BCUT2D eigenvalue weighted by Crippen LogP contribution is 2.26. The molecule has 1 aromatic heterocycles. The van der Waals surface area contributed by atoms with E-state index in [1.807, 2.05) is 79.3 Å². The van der Waals surface area contributed by atoms with Gasteiger partial charge in [0.15, 0.2) is 0 Å². The lowest BCUT2D eigenvalue weighted by Gasteiger charge is -2.15. The zero-order valence-corrected chi connectivity index (χ0v) is 16.4. The Hall–Kier alpha value is -2.85. The van der Waals surface area contributed by atoms with Gasteiger partial charge in [0.05, 0.1) is 11.4 Å². The van der Waals surface area contributed by atoms with Gasteiger partial charge in [0.2, 0.25) is 5.91 Å². The van der Waals surface area contributed by atoms with E-state index in [1.165, 1.54) is 0 Å². The second kappa shape index (κ2) is 8.23. The molecular formula is C22H22ClN3O. The number of benzene rings is 2. The Balaban J connectivity index is 2.00. The Morgan fingerprint density at radius 2 is 1.78 bits per heavy atom. The number of hydrogen-bond donors (Lipinski definition) is 0. The minimum atomic E-state index is -0.0236. The minimum Gasteiger partial charge on any atom is -0.338 e. The van der Waals surface area contributed by atoms with Crippen LogP contribution in [0.3, 0.4) is 0 Å². The van der Waals surface area contributed by atoms with Crippen LogP contribution < -0.4 is 0 Å². The van der Waals surface area contributed by atoms with Crippen molar-refractivity contribution in [3.8, 4) is 16.9 Å². The van der Waals surface area contributed by atoms with Crippen LogP contribution in [-0.4, -0.2) is 27.6 Å². The Morgan fingerprint density at radius 3 is 2.41 bits per heavy atom. The highest BCUT2D eigenvalue weighted by atomic mass is 35.5. The number of likely N-dealkylation sites (N-methyl/N-ethyl adjacent to an activating group) is 1. The van der Waals surface area contributed by atoms with Crippen LogP contribution in [0.2, 0.25) is 5.02 Å². The van der Waals surface area contributed by atoms with E-state index in [9.17, 15) is 4.79 Å². The molecule has 138 valence electrons. The largest absolute Gasteiger partial charge is 0.338 e. The Morgan fingerprint density at radius 1 is 1.11 bits per heavy atom. The maximum Gasteiger partial charge on any atom is 0.246 e. The smallest absolute Gasteiger partial charge is 0.246 e. The molecule has 1 heterocycles. The maximum atomic E-state index is 12.3. The molecule has 0 aliphatic heterocycles. The monoisotopic (exact) mass is 379 g/mol. The lowest BCUT2D eigenvalue weighted by Crippen LogP contribution is -2.24. The van der Waals surface area contributed by atoms with Gasteiger partial charge in [-0.1, -0.05) is 47.5 Å². The molecule has 0 spiro atoms. The summed E-state index contributed by atoms with van der Waals surface area (Å²) in [6.07, 6.45) is 3.62. The summed E-state index contributed by atoms with van der Waals surface area (Å²) in [5.74, 6) is -0.0236. The number of allylic oxidation sites excluding steroid dienone is 1. The first-order valence-electron chi connectivity index (χ1n) is 8.74. The molecule has 0 fully saturated rings. The predicted octanol–water partition coefficient (Wildman–Crippen LogP) is 5.12. The van der Waals surface area contributed by atoms with Crippen molar-refractivity contribution in [2.75, 3.05) is 7.05 Å². The average Bonchev–Trinajstić information content (AvgIpc) is 3.06. The minimum absolute atomic E-state index is 0.0236. The van der Waals surface area contributed by atoms with Crippen LogP contribution in [0.5, 0.6) is 0 Å². The van der Waals surface area contributed by atoms with Gasteiger partial charge in [-0.15, -0.1) is 0 Å². The van der Waals surface area contributed by atoms with E-state index in [-0.39, 0.29) is 5.91 Å². The molecule has 0 saturated heterocycles. The highest BCUT2D eigenvalue weighted by molar-refractivity contribution is 6.30. The number of carbonyl (C=O) groups excluding carboxylic acids is 1. The van der Waals surface area contributed by atoms with Crippen molar-refractivity contribution in [2.24, 2.45) is 0 Å². The molecule has 0 aliphatic rings. The molecule has 27 heavy (non-hydrogen) atoms. The van der Waals surface area contributed by atoms with Gasteiger partial charge in [-0.3, -0.25) is 4.79 Å². The van der Waals surface area contributed by atoms with Gasteiger partial charge >= 0.3 is 0 Å². The number of amides is 1. The molecule has 0 aliphatic carbocycles. The normalized spacial score (nSPS) is 10.5. The van der Waals surface area contributed by atoms with Gasteiger partial charge in [0.1, 0.15) is 0 Å². The number of halogens is 1. The Kier molecular flexibility index (Phi) is 5.77. The summed E-state index contributed by atoms with van der Waals surface area (Å²) in [6, 6.07) is 17.5. The van der Waals surface area contributed by atoms with E-state index in [0.29, 0.717) is 11.6 Å². The summed E-state index contributed by atoms with van der Waals surface area (Å²) in [6.45, 7) is 4.30. The third-order valence-corrected chi connectivity index (χ3v) is 4.38. The first-order chi connectivity index (χ1) is 12.9. The Labute approximate surface area is 164 Å². The van der Waals surface area contributed by atoms with Crippen molar-refractivity contribution in [2.45, 2.75) is 20.4 Å². The number of aromatic nitrogens is 2. The van der Waals surface area contributed by atoms with E-state index >= 15 is 0 Å². The number of hydrogen-bond acceptors (Lipinski definition) is 2. The molecule has 3 aromatic rings. The molecule has 2 aromatic carbocycles. The van der Waals surface area contributed by atoms with Crippen molar-refractivity contribution in [1.29, 1.82) is 0 Å². The van der Waals surface area contributed by atoms with Crippen LogP contribution in [0.15, 0.2) is 72.4 Å². The highest BCUT2D eigenvalue weighted by Gasteiger charge is 2.16. The van der Waals surface area contributed by atoms with E-state index in [1.54, 1.807) is 18.0 Å². The van der Waals surface area contributed by atoms with Crippen molar-refractivity contribution in [1.82, 2.24) is 14.7 Å². The average molecular weight is 380 g/mol. The molecule has 4 nitrogen and oxygen atoms in total. The number of rotatable bonds is 5. The fraction of sp³-hybridized carbons (Fsp3) is 0.182. The van der Waals surface area contributed by atoms with Crippen LogP contribution in [0.25, 0.3) is 16.9 Å².